The van der Waals surface area contributed by atoms with E-state index in [2.05, 4.69) is 0 Å². The number of carbonyl (C=O) groups excluding carboxylic acids is 1. The summed E-state index contributed by atoms with van der Waals surface area (Å²) >= 11 is 0. The highest BCUT2D eigenvalue weighted by atomic mass is 16.5. The van der Waals surface area contributed by atoms with Gasteiger partial charge >= 0.3 is 0 Å². The van der Waals surface area contributed by atoms with Gasteiger partial charge in [-0.25, -0.2) is 0 Å². The van der Waals surface area contributed by atoms with Crippen LogP contribution in [0.3, 0.4) is 0 Å². The van der Waals surface area contributed by atoms with Gasteiger partial charge in [0.25, 0.3) is 0 Å². The molecule has 0 saturated carbocycles. The third kappa shape index (κ3) is 4.75. The van der Waals surface area contributed by atoms with Gasteiger partial charge in [-0.15, -0.1) is 0 Å². The Labute approximate surface area is 91.3 Å². The molecule has 2 heteroatoms. The maximum absolute atomic E-state index is 11.5. The maximum Gasteiger partial charge on any atom is 0.162 e. The zero-order valence-corrected chi connectivity index (χ0v) is 9.40. The van der Waals surface area contributed by atoms with E-state index in [1.807, 2.05) is 44.2 Å². The largest absolute Gasteiger partial charge is 0.371 e. The zero-order valence-electron chi connectivity index (χ0n) is 9.40. The van der Waals surface area contributed by atoms with Gasteiger partial charge in [-0.3, -0.25) is 4.79 Å². The molecule has 0 bridgehead atoms. The Balaban J connectivity index is 2.31. The molecule has 0 N–H and O–H groups in total. The maximum atomic E-state index is 11.5. The van der Waals surface area contributed by atoms with Gasteiger partial charge < -0.3 is 4.74 Å². The summed E-state index contributed by atoms with van der Waals surface area (Å²) in [5.74, 6) is 0.140. The second kappa shape index (κ2) is 6.36. The minimum atomic E-state index is 0.140. The molecule has 82 valence electrons. The molecule has 0 heterocycles. The smallest absolute Gasteiger partial charge is 0.162 e. The molecule has 2 nitrogen and oxygen atoms in total. The average Bonchev–Trinajstić information content (AvgIpc) is 2.27. The highest BCUT2D eigenvalue weighted by Gasteiger charge is 2.05. The lowest BCUT2D eigenvalue weighted by Gasteiger charge is -2.09. The summed E-state index contributed by atoms with van der Waals surface area (Å²) in [6, 6.07) is 9.75. The van der Waals surface area contributed by atoms with Crippen LogP contribution >= 0.6 is 0 Å². The van der Waals surface area contributed by atoms with E-state index in [-0.39, 0.29) is 18.5 Å². The summed E-state index contributed by atoms with van der Waals surface area (Å²) in [6.45, 7) is 4.26. The van der Waals surface area contributed by atoms with Crippen molar-refractivity contribution in [2.45, 2.75) is 32.8 Å². The normalized spacial score (nSPS) is 12.4. The van der Waals surface area contributed by atoms with Crippen LogP contribution in [-0.4, -0.2) is 18.5 Å². The van der Waals surface area contributed by atoms with Gasteiger partial charge in [-0.2, -0.15) is 0 Å². The monoisotopic (exact) mass is 206 g/mol. The van der Waals surface area contributed by atoms with E-state index in [9.17, 15) is 4.79 Å². The first-order chi connectivity index (χ1) is 7.22. The Morgan fingerprint density at radius 3 is 2.60 bits per heavy atom. The number of ketones is 1. The van der Waals surface area contributed by atoms with Crippen molar-refractivity contribution >= 4 is 5.78 Å². The highest BCUT2D eigenvalue weighted by molar-refractivity contribution is 5.82. The zero-order chi connectivity index (χ0) is 11.1. The number of benzene rings is 1. The number of ether oxygens (including phenoxy) is 1. The van der Waals surface area contributed by atoms with Crippen LogP contribution in [0.15, 0.2) is 30.3 Å². The summed E-state index contributed by atoms with van der Waals surface area (Å²) < 4.78 is 5.38. The van der Waals surface area contributed by atoms with E-state index in [4.69, 9.17) is 4.74 Å². The highest BCUT2D eigenvalue weighted by Crippen LogP contribution is 2.02. The summed E-state index contributed by atoms with van der Waals surface area (Å²) in [4.78, 5) is 11.5. The molecular weight excluding hydrogens is 188 g/mol. The number of hydrogen-bond donors (Lipinski definition) is 0. The molecule has 1 atom stereocenters. The molecule has 0 radical (unpaired) electrons. The summed E-state index contributed by atoms with van der Waals surface area (Å²) in [7, 11) is 0. The molecule has 0 fully saturated rings. The number of Topliss-reactive ketones (excluding diaryl/α,β-unsaturated/α-hetero) is 1. The first-order valence-corrected chi connectivity index (χ1v) is 5.39. The molecule has 1 rings (SSSR count). The molecule has 1 aromatic carbocycles. The van der Waals surface area contributed by atoms with Crippen LogP contribution in [0.1, 0.15) is 25.8 Å². The van der Waals surface area contributed by atoms with Gasteiger partial charge in [-0.1, -0.05) is 37.3 Å². The molecule has 1 aromatic rings. The Morgan fingerprint density at radius 2 is 2.00 bits per heavy atom. The molecular formula is C13H18O2. The first kappa shape index (κ1) is 11.9. The Morgan fingerprint density at radius 1 is 1.33 bits per heavy atom. The molecule has 0 amide bonds. The quantitative estimate of drug-likeness (QED) is 0.715. The first-order valence-electron chi connectivity index (χ1n) is 5.39. The molecule has 0 aliphatic carbocycles. The Hall–Kier alpha value is -1.15. The average molecular weight is 206 g/mol. The predicted molar refractivity (Wildman–Crippen MR) is 60.9 cm³/mol. The van der Waals surface area contributed by atoms with Crippen molar-refractivity contribution in [2.75, 3.05) is 6.61 Å². The lowest BCUT2D eigenvalue weighted by Crippen LogP contribution is -2.16. The Kier molecular flexibility index (Phi) is 5.05. The van der Waals surface area contributed by atoms with Crippen LogP contribution in [0.2, 0.25) is 0 Å². The van der Waals surface area contributed by atoms with Gasteiger partial charge in [0.2, 0.25) is 0 Å². The number of rotatable bonds is 6. The molecule has 0 aliphatic rings. The topological polar surface area (TPSA) is 26.3 Å². The third-order valence-corrected chi connectivity index (χ3v) is 2.35. The van der Waals surface area contributed by atoms with Crippen molar-refractivity contribution in [3.8, 4) is 0 Å². The fourth-order valence-electron chi connectivity index (χ4n) is 1.23. The van der Waals surface area contributed by atoms with Crippen LogP contribution < -0.4 is 0 Å². The number of hydrogen-bond acceptors (Lipinski definition) is 2. The van der Waals surface area contributed by atoms with E-state index >= 15 is 0 Å². The van der Waals surface area contributed by atoms with Crippen molar-refractivity contribution in [2.24, 2.45) is 0 Å². The summed E-state index contributed by atoms with van der Waals surface area (Å²) in [6.07, 6.45) is 1.58. The van der Waals surface area contributed by atoms with Gasteiger partial charge in [0.1, 0.15) is 6.61 Å². The second-order valence-electron chi connectivity index (χ2n) is 3.73. The van der Waals surface area contributed by atoms with Crippen molar-refractivity contribution < 1.29 is 9.53 Å². The predicted octanol–water partition coefficient (Wildman–Crippen LogP) is 2.61. The van der Waals surface area contributed by atoms with E-state index in [1.165, 1.54) is 0 Å². The van der Waals surface area contributed by atoms with Gasteiger partial charge in [0.15, 0.2) is 5.78 Å². The number of carbonyl (C=O) groups is 1. The van der Waals surface area contributed by atoms with Crippen LogP contribution in [0, 0.1) is 0 Å². The molecule has 0 spiro atoms. The van der Waals surface area contributed by atoms with E-state index in [1.54, 1.807) is 0 Å². The SMILES string of the molecule is CCC(C)OCC(=O)Cc1ccccc1. The Bertz CT molecular complexity index is 293. The third-order valence-electron chi connectivity index (χ3n) is 2.35. The van der Waals surface area contributed by atoms with Gasteiger partial charge in [0.05, 0.1) is 6.10 Å². The van der Waals surface area contributed by atoms with E-state index < -0.39 is 0 Å². The summed E-state index contributed by atoms with van der Waals surface area (Å²) in [5, 5.41) is 0. The standard InChI is InChI=1S/C13H18O2/c1-3-11(2)15-10-13(14)9-12-7-5-4-6-8-12/h4-8,11H,3,9-10H2,1-2H3. The molecule has 0 aromatic heterocycles. The van der Waals surface area contributed by atoms with Crippen LogP contribution in [0.4, 0.5) is 0 Å². The summed E-state index contributed by atoms with van der Waals surface area (Å²) in [5.41, 5.74) is 1.05. The molecule has 0 aliphatic heterocycles. The van der Waals surface area contributed by atoms with Crippen molar-refractivity contribution in [1.82, 2.24) is 0 Å². The minimum absolute atomic E-state index is 0.140. The van der Waals surface area contributed by atoms with Crippen molar-refractivity contribution in [1.29, 1.82) is 0 Å². The lowest BCUT2D eigenvalue weighted by molar-refractivity contribution is -0.124. The van der Waals surface area contributed by atoms with E-state index in [0.29, 0.717) is 6.42 Å². The van der Waals surface area contributed by atoms with Crippen LogP contribution in [0.5, 0.6) is 0 Å². The lowest BCUT2D eigenvalue weighted by atomic mass is 10.1. The van der Waals surface area contributed by atoms with Gasteiger partial charge in [-0.05, 0) is 18.9 Å². The fraction of sp³-hybridized carbons (Fsp3) is 0.462. The van der Waals surface area contributed by atoms with Crippen LogP contribution in [-0.2, 0) is 16.0 Å². The minimum Gasteiger partial charge on any atom is -0.371 e. The van der Waals surface area contributed by atoms with Gasteiger partial charge in [0, 0.05) is 6.42 Å². The molecule has 15 heavy (non-hydrogen) atoms. The molecule has 1 unspecified atom stereocenters. The molecule has 0 saturated heterocycles. The second-order valence-corrected chi connectivity index (χ2v) is 3.73. The van der Waals surface area contributed by atoms with Crippen molar-refractivity contribution in [3.05, 3.63) is 35.9 Å². The van der Waals surface area contributed by atoms with Crippen LogP contribution in [0.25, 0.3) is 0 Å². The van der Waals surface area contributed by atoms with E-state index in [0.717, 1.165) is 12.0 Å². The van der Waals surface area contributed by atoms with Crippen molar-refractivity contribution in [3.63, 3.8) is 0 Å². The fourth-order valence-corrected chi connectivity index (χ4v) is 1.23.